The molecule has 0 aliphatic rings. The summed E-state index contributed by atoms with van der Waals surface area (Å²) in [4.78, 5) is 12.8. The number of nitrogens with zero attached hydrogens (tertiary/aromatic N) is 1. The third-order valence-electron chi connectivity index (χ3n) is 4.35. The van der Waals surface area contributed by atoms with Gasteiger partial charge in [0.05, 0.1) is 11.4 Å². The number of carbonyl (C=O) groups is 1. The predicted molar refractivity (Wildman–Crippen MR) is 112 cm³/mol. The fourth-order valence-electron chi connectivity index (χ4n) is 2.89. The number of halogens is 1. The first kappa shape index (κ1) is 21.6. The molecule has 0 spiro atoms. The Bertz CT molecular complexity index is 874. The number of hydrogen-bond acceptors (Lipinski definition) is 3. The highest BCUT2D eigenvalue weighted by Gasteiger charge is 2.25. The highest BCUT2D eigenvalue weighted by Crippen LogP contribution is 2.27. The van der Waals surface area contributed by atoms with Crippen molar-refractivity contribution in [1.82, 2.24) is 4.31 Å². The zero-order valence-electron chi connectivity index (χ0n) is 15.8. The van der Waals surface area contributed by atoms with Crippen molar-refractivity contribution in [2.24, 2.45) is 0 Å². The minimum absolute atomic E-state index is 0.187. The van der Waals surface area contributed by atoms with E-state index < -0.39 is 10.0 Å². The van der Waals surface area contributed by atoms with Crippen molar-refractivity contribution in [2.45, 2.75) is 38.5 Å². The molecular weight excluding hydrogens is 428 g/mol. The van der Waals surface area contributed by atoms with Gasteiger partial charge in [-0.2, -0.15) is 4.31 Å². The third kappa shape index (κ3) is 5.18. The normalized spacial score (nSPS) is 11.6. The quantitative estimate of drug-likeness (QED) is 0.651. The van der Waals surface area contributed by atoms with Gasteiger partial charge < -0.3 is 5.32 Å². The first-order valence-corrected chi connectivity index (χ1v) is 11.2. The number of hydrogen-bond donors (Lipinski definition) is 1. The van der Waals surface area contributed by atoms with E-state index in [2.05, 4.69) is 21.2 Å². The Morgan fingerprint density at radius 1 is 1.04 bits per heavy atom. The van der Waals surface area contributed by atoms with Gasteiger partial charge in [-0.3, -0.25) is 4.79 Å². The molecule has 0 aromatic heterocycles. The van der Waals surface area contributed by atoms with Crippen LogP contribution in [0.2, 0.25) is 0 Å². The number of aryl methyl sites for hydroxylation is 2. The van der Waals surface area contributed by atoms with Crippen molar-refractivity contribution >= 4 is 37.5 Å². The van der Waals surface area contributed by atoms with E-state index in [0.29, 0.717) is 0 Å². The standard InChI is InChI=1S/C20H25BrN2O3S/c1-4-15-12-17(21)13-16(5-2)20(15)22-19(24)14-23(6-3)27(25,26)18-10-8-7-9-11-18/h7-13H,4-6,14H2,1-3H3,(H,22,24). The van der Waals surface area contributed by atoms with E-state index in [1.165, 1.54) is 16.4 Å². The Labute approximate surface area is 170 Å². The maximum atomic E-state index is 12.8. The zero-order valence-corrected chi connectivity index (χ0v) is 18.2. The number of benzene rings is 2. The summed E-state index contributed by atoms with van der Waals surface area (Å²) in [5.41, 5.74) is 2.81. The van der Waals surface area contributed by atoms with E-state index in [-0.39, 0.29) is 23.9 Å². The van der Waals surface area contributed by atoms with E-state index in [0.717, 1.165) is 34.1 Å². The Balaban J connectivity index is 2.24. The van der Waals surface area contributed by atoms with E-state index in [9.17, 15) is 13.2 Å². The minimum Gasteiger partial charge on any atom is -0.324 e. The average Bonchev–Trinajstić information content (AvgIpc) is 2.67. The molecule has 0 saturated heterocycles. The maximum Gasteiger partial charge on any atom is 0.243 e. The van der Waals surface area contributed by atoms with E-state index in [4.69, 9.17) is 0 Å². The average molecular weight is 453 g/mol. The Morgan fingerprint density at radius 2 is 1.59 bits per heavy atom. The van der Waals surface area contributed by atoms with Crippen LogP contribution >= 0.6 is 15.9 Å². The second kappa shape index (κ2) is 9.48. The molecule has 0 radical (unpaired) electrons. The summed E-state index contributed by atoms with van der Waals surface area (Å²) in [7, 11) is -3.71. The molecule has 0 aliphatic carbocycles. The summed E-state index contributed by atoms with van der Waals surface area (Å²) in [6, 6.07) is 12.1. The fourth-order valence-corrected chi connectivity index (χ4v) is 4.87. The van der Waals surface area contributed by atoms with Gasteiger partial charge in [0.2, 0.25) is 15.9 Å². The van der Waals surface area contributed by atoms with Crippen molar-refractivity contribution in [3.63, 3.8) is 0 Å². The summed E-state index contributed by atoms with van der Waals surface area (Å²) in [5, 5.41) is 2.93. The molecule has 1 N–H and O–H groups in total. The molecule has 0 aliphatic heterocycles. The largest absolute Gasteiger partial charge is 0.324 e. The van der Waals surface area contributed by atoms with Crippen LogP contribution in [0.1, 0.15) is 31.9 Å². The first-order valence-electron chi connectivity index (χ1n) is 8.99. The van der Waals surface area contributed by atoms with E-state index >= 15 is 0 Å². The topological polar surface area (TPSA) is 66.5 Å². The Hall–Kier alpha value is -1.70. The van der Waals surface area contributed by atoms with Gasteiger partial charge in [0.25, 0.3) is 0 Å². The molecule has 2 rings (SSSR count). The summed E-state index contributed by atoms with van der Waals surface area (Å²) in [6.45, 7) is 5.76. The van der Waals surface area contributed by atoms with E-state index in [1.807, 2.05) is 26.0 Å². The number of anilines is 1. The number of rotatable bonds is 8. The van der Waals surface area contributed by atoms with Crippen LogP contribution < -0.4 is 5.32 Å². The molecule has 2 aromatic rings. The number of sulfonamides is 1. The highest BCUT2D eigenvalue weighted by atomic mass is 79.9. The SMILES string of the molecule is CCc1cc(Br)cc(CC)c1NC(=O)CN(CC)S(=O)(=O)c1ccccc1. The summed E-state index contributed by atoms with van der Waals surface area (Å²) in [6.07, 6.45) is 1.53. The zero-order chi connectivity index (χ0) is 20.0. The second-order valence-corrected chi connectivity index (χ2v) is 8.95. The number of likely N-dealkylation sites (N-methyl/N-ethyl adjacent to an activating group) is 1. The molecule has 0 heterocycles. The summed E-state index contributed by atoms with van der Waals surface area (Å²) < 4.78 is 27.7. The molecule has 0 saturated carbocycles. The highest BCUT2D eigenvalue weighted by molar-refractivity contribution is 9.10. The molecule has 7 heteroatoms. The van der Waals surface area contributed by atoms with Gasteiger partial charge in [0.1, 0.15) is 0 Å². The molecule has 0 bridgehead atoms. The lowest BCUT2D eigenvalue weighted by Crippen LogP contribution is -2.38. The summed E-state index contributed by atoms with van der Waals surface area (Å²) in [5.74, 6) is -0.344. The van der Waals surface area contributed by atoms with Crippen LogP contribution in [-0.4, -0.2) is 31.7 Å². The lowest BCUT2D eigenvalue weighted by atomic mass is 10.0. The van der Waals surface area contributed by atoms with Crippen molar-refractivity contribution in [3.05, 3.63) is 58.1 Å². The molecule has 0 atom stereocenters. The van der Waals surface area contributed by atoms with Gasteiger partial charge in [0, 0.05) is 16.7 Å². The molecule has 5 nitrogen and oxygen atoms in total. The van der Waals surface area contributed by atoms with Crippen LogP contribution in [0.3, 0.4) is 0 Å². The second-order valence-electron chi connectivity index (χ2n) is 6.10. The van der Waals surface area contributed by atoms with Crippen LogP contribution in [0.5, 0.6) is 0 Å². The van der Waals surface area contributed by atoms with Crippen molar-refractivity contribution in [3.8, 4) is 0 Å². The fraction of sp³-hybridized carbons (Fsp3) is 0.350. The van der Waals surface area contributed by atoms with Gasteiger partial charge in [-0.25, -0.2) is 8.42 Å². The monoisotopic (exact) mass is 452 g/mol. The van der Waals surface area contributed by atoms with Crippen molar-refractivity contribution in [2.75, 3.05) is 18.4 Å². The maximum absolute atomic E-state index is 12.8. The van der Waals surface area contributed by atoms with Gasteiger partial charge in [-0.1, -0.05) is 54.9 Å². The van der Waals surface area contributed by atoms with Crippen LogP contribution in [0, 0.1) is 0 Å². The Morgan fingerprint density at radius 3 is 2.07 bits per heavy atom. The van der Waals surface area contributed by atoms with Crippen LogP contribution in [-0.2, 0) is 27.7 Å². The van der Waals surface area contributed by atoms with Gasteiger partial charge in [-0.15, -0.1) is 0 Å². The predicted octanol–water partition coefficient (Wildman–Crippen LogP) is 4.22. The molecule has 146 valence electrons. The lowest BCUT2D eigenvalue weighted by Gasteiger charge is -2.21. The molecule has 2 aromatic carbocycles. The van der Waals surface area contributed by atoms with Gasteiger partial charge in [-0.05, 0) is 48.2 Å². The smallest absolute Gasteiger partial charge is 0.243 e. The summed E-state index contributed by atoms with van der Waals surface area (Å²) >= 11 is 3.50. The molecule has 1 amide bonds. The van der Waals surface area contributed by atoms with Crippen LogP contribution in [0.15, 0.2) is 51.8 Å². The molecule has 0 unspecified atom stereocenters. The lowest BCUT2D eigenvalue weighted by molar-refractivity contribution is -0.116. The Kier molecular flexibility index (Phi) is 7.59. The molecule has 0 fully saturated rings. The minimum atomic E-state index is -3.71. The number of nitrogens with one attached hydrogen (secondary N) is 1. The van der Waals surface area contributed by atoms with Crippen molar-refractivity contribution < 1.29 is 13.2 Å². The van der Waals surface area contributed by atoms with Gasteiger partial charge in [0.15, 0.2) is 0 Å². The van der Waals surface area contributed by atoms with Crippen molar-refractivity contribution in [1.29, 1.82) is 0 Å². The third-order valence-corrected chi connectivity index (χ3v) is 6.74. The van der Waals surface area contributed by atoms with E-state index in [1.54, 1.807) is 25.1 Å². The van der Waals surface area contributed by atoms with Crippen LogP contribution in [0.25, 0.3) is 0 Å². The number of amides is 1. The van der Waals surface area contributed by atoms with Gasteiger partial charge >= 0.3 is 0 Å². The molecular formula is C20H25BrN2O3S. The first-order chi connectivity index (χ1) is 12.8. The number of carbonyl (C=O) groups excluding carboxylic acids is 1. The van der Waals surface area contributed by atoms with Crippen LogP contribution in [0.4, 0.5) is 5.69 Å². The molecule has 27 heavy (non-hydrogen) atoms.